The van der Waals surface area contributed by atoms with Gasteiger partial charge < -0.3 is 15.0 Å². The molecule has 0 bridgehead atoms. The summed E-state index contributed by atoms with van der Waals surface area (Å²) in [7, 11) is -0.696. The topological polar surface area (TPSA) is 83.2 Å². The summed E-state index contributed by atoms with van der Waals surface area (Å²) >= 11 is 0. The van der Waals surface area contributed by atoms with E-state index in [9.17, 15) is 12.8 Å². The summed E-state index contributed by atoms with van der Waals surface area (Å²) in [5, 5.41) is 2.90. The van der Waals surface area contributed by atoms with Crippen LogP contribution in [-0.4, -0.2) is 27.6 Å². The molecule has 114 valence electrons. The van der Waals surface area contributed by atoms with Crippen molar-refractivity contribution in [2.75, 3.05) is 18.9 Å². The summed E-state index contributed by atoms with van der Waals surface area (Å²) in [6.45, 7) is 0.503. The zero-order valence-corrected chi connectivity index (χ0v) is 12.4. The maximum absolute atomic E-state index is 13.7. The molecule has 1 aromatic carbocycles. The SMILES string of the molecule is CNCc1cc(S(=O)(=O)Nc2cc(OC)ccc2F)c[nH]1. The third-order valence-electron chi connectivity index (χ3n) is 2.81. The number of rotatable bonds is 6. The fourth-order valence-corrected chi connectivity index (χ4v) is 2.86. The Balaban J connectivity index is 2.28. The zero-order valence-electron chi connectivity index (χ0n) is 11.6. The predicted octanol–water partition coefficient (Wildman–Crippen LogP) is 1.68. The highest BCUT2D eigenvalue weighted by Crippen LogP contribution is 2.24. The molecule has 0 saturated heterocycles. The number of methoxy groups -OCH3 is 1. The molecule has 0 saturated carbocycles. The second-order valence-electron chi connectivity index (χ2n) is 4.34. The Morgan fingerprint density at radius 1 is 1.33 bits per heavy atom. The van der Waals surface area contributed by atoms with E-state index in [-0.39, 0.29) is 10.6 Å². The van der Waals surface area contributed by atoms with Gasteiger partial charge in [0.1, 0.15) is 16.5 Å². The first-order valence-corrected chi connectivity index (χ1v) is 7.63. The maximum Gasteiger partial charge on any atom is 0.263 e. The molecule has 0 amide bonds. The molecule has 3 N–H and O–H groups in total. The fourth-order valence-electron chi connectivity index (χ4n) is 1.78. The average molecular weight is 313 g/mol. The van der Waals surface area contributed by atoms with Crippen molar-refractivity contribution < 1.29 is 17.5 Å². The van der Waals surface area contributed by atoms with E-state index in [0.29, 0.717) is 18.0 Å². The normalized spacial score (nSPS) is 11.4. The van der Waals surface area contributed by atoms with Crippen molar-refractivity contribution in [1.29, 1.82) is 0 Å². The fraction of sp³-hybridized carbons (Fsp3) is 0.231. The molecular weight excluding hydrogens is 297 g/mol. The first-order valence-electron chi connectivity index (χ1n) is 6.14. The van der Waals surface area contributed by atoms with Crippen LogP contribution in [-0.2, 0) is 16.6 Å². The quantitative estimate of drug-likeness (QED) is 0.758. The first kappa shape index (κ1) is 15.3. The lowest BCUT2D eigenvalue weighted by Crippen LogP contribution is -2.13. The van der Waals surface area contributed by atoms with E-state index in [2.05, 4.69) is 15.0 Å². The van der Waals surface area contributed by atoms with E-state index in [0.717, 1.165) is 6.07 Å². The molecular formula is C13H16FN3O3S. The number of hydrogen-bond acceptors (Lipinski definition) is 4. The van der Waals surface area contributed by atoms with Crippen LogP contribution >= 0.6 is 0 Å². The van der Waals surface area contributed by atoms with Crippen molar-refractivity contribution in [2.24, 2.45) is 0 Å². The number of hydrogen-bond donors (Lipinski definition) is 3. The number of halogens is 1. The number of H-pyrrole nitrogens is 1. The van der Waals surface area contributed by atoms with Gasteiger partial charge in [0.15, 0.2) is 0 Å². The lowest BCUT2D eigenvalue weighted by molar-refractivity contribution is 0.414. The standard InChI is InChI=1S/C13H16FN3O3S/c1-15-7-9-5-11(8-16-9)21(18,19)17-13-6-10(20-2)3-4-12(13)14/h3-6,8,15-17H,7H2,1-2H3. The highest BCUT2D eigenvalue weighted by Gasteiger charge is 2.18. The van der Waals surface area contributed by atoms with Gasteiger partial charge in [0, 0.05) is 24.5 Å². The first-order chi connectivity index (χ1) is 9.96. The summed E-state index contributed by atoms with van der Waals surface area (Å²) in [5.41, 5.74) is 0.551. The molecule has 0 aliphatic heterocycles. The molecule has 1 aromatic heterocycles. The van der Waals surface area contributed by atoms with Gasteiger partial charge in [-0.1, -0.05) is 0 Å². The second-order valence-corrected chi connectivity index (χ2v) is 6.02. The van der Waals surface area contributed by atoms with E-state index in [1.165, 1.54) is 31.5 Å². The van der Waals surface area contributed by atoms with Crippen molar-refractivity contribution in [3.05, 3.63) is 42.0 Å². The summed E-state index contributed by atoms with van der Waals surface area (Å²) in [4.78, 5) is 2.87. The molecule has 0 fully saturated rings. The largest absolute Gasteiger partial charge is 0.497 e. The molecule has 0 atom stereocenters. The minimum Gasteiger partial charge on any atom is -0.497 e. The zero-order chi connectivity index (χ0) is 15.5. The van der Waals surface area contributed by atoms with Crippen LogP contribution in [0.4, 0.5) is 10.1 Å². The third-order valence-corrected chi connectivity index (χ3v) is 4.16. The molecule has 0 unspecified atom stereocenters. The van der Waals surface area contributed by atoms with E-state index >= 15 is 0 Å². The molecule has 2 aromatic rings. The van der Waals surface area contributed by atoms with Crippen molar-refractivity contribution in [3.63, 3.8) is 0 Å². The number of nitrogens with one attached hydrogen (secondary N) is 3. The van der Waals surface area contributed by atoms with Crippen molar-refractivity contribution in [3.8, 4) is 5.75 Å². The van der Waals surface area contributed by atoms with E-state index in [1.54, 1.807) is 7.05 Å². The molecule has 6 nitrogen and oxygen atoms in total. The monoisotopic (exact) mass is 313 g/mol. The lowest BCUT2D eigenvalue weighted by atomic mass is 10.3. The van der Waals surface area contributed by atoms with E-state index in [1.807, 2.05) is 0 Å². The number of aromatic nitrogens is 1. The van der Waals surface area contributed by atoms with Crippen LogP contribution in [0.3, 0.4) is 0 Å². The summed E-state index contributed by atoms with van der Waals surface area (Å²) in [5.74, 6) is -0.315. The molecule has 21 heavy (non-hydrogen) atoms. The highest BCUT2D eigenvalue weighted by molar-refractivity contribution is 7.92. The maximum atomic E-state index is 13.7. The van der Waals surface area contributed by atoms with Crippen LogP contribution in [0, 0.1) is 5.82 Å². The molecule has 0 radical (unpaired) electrons. The highest BCUT2D eigenvalue weighted by atomic mass is 32.2. The predicted molar refractivity (Wildman–Crippen MR) is 77.3 cm³/mol. The summed E-state index contributed by atoms with van der Waals surface area (Å²) < 4.78 is 45.3. The third kappa shape index (κ3) is 3.53. The number of anilines is 1. The van der Waals surface area contributed by atoms with Gasteiger partial charge in [-0.05, 0) is 25.2 Å². The number of benzene rings is 1. The number of aromatic amines is 1. The Morgan fingerprint density at radius 2 is 2.10 bits per heavy atom. The summed E-state index contributed by atoms with van der Waals surface area (Å²) in [6, 6.07) is 5.32. The molecule has 8 heteroatoms. The van der Waals surface area contributed by atoms with Crippen LogP contribution < -0.4 is 14.8 Å². The van der Waals surface area contributed by atoms with Crippen LogP contribution in [0.15, 0.2) is 35.4 Å². The van der Waals surface area contributed by atoms with Gasteiger partial charge >= 0.3 is 0 Å². The van der Waals surface area contributed by atoms with Crippen molar-refractivity contribution >= 4 is 15.7 Å². The minimum absolute atomic E-state index is 0.0370. The van der Waals surface area contributed by atoms with E-state index < -0.39 is 15.8 Å². The minimum atomic E-state index is -3.86. The van der Waals surface area contributed by atoms with Gasteiger partial charge in [-0.25, -0.2) is 12.8 Å². The van der Waals surface area contributed by atoms with Gasteiger partial charge in [0.25, 0.3) is 10.0 Å². The van der Waals surface area contributed by atoms with Gasteiger partial charge in [-0.15, -0.1) is 0 Å². The van der Waals surface area contributed by atoms with Gasteiger partial charge in [0.2, 0.25) is 0 Å². The van der Waals surface area contributed by atoms with Crippen LogP contribution in [0.2, 0.25) is 0 Å². The van der Waals surface area contributed by atoms with Gasteiger partial charge in [-0.3, -0.25) is 4.72 Å². The van der Waals surface area contributed by atoms with Gasteiger partial charge in [-0.2, -0.15) is 0 Å². The van der Waals surface area contributed by atoms with Crippen LogP contribution in [0.1, 0.15) is 5.69 Å². The summed E-state index contributed by atoms with van der Waals surface area (Å²) in [6.07, 6.45) is 1.35. The van der Waals surface area contributed by atoms with Gasteiger partial charge in [0.05, 0.1) is 12.8 Å². The Morgan fingerprint density at radius 3 is 2.76 bits per heavy atom. The Kier molecular flexibility index (Phi) is 4.49. The van der Waals surface area contributed by atoms with Crippen molar-refractivity contribution in [2.45, 2.75) is 11.4 Å². The Hall–Kier alpha value is -2.06. The van der Waals surface area contributed by atoms with Crippen LogP contribution in [0.25, 0.3) is 0 Å². The average Bonchev–Trinajstić information content (AvgIpc) is 2.91. The Labute approximate surface area is 122 Å². The van der Waals surface area contributed by atoms with Crippen molar-refractivity contribution in [1.82, 2.24) is 10.3 Å². The number of sulfonamides is 1. The molecule has 2 rings (SSSR count). The molecule has 0 spiro atoms. The molecule has 0 aliphatic carbocycles. The molecule has 1 heterocycles. The molecule has 0 aliphatic rings. The van der Waals surface area contributed by atoms with Crippen LogP contribution in [0.5, 0.6) is 5.75 Å². The lowest BCUT2D eigenvalue weighted by Gasteiger charge is -2.09. The second kappa shape index (κ2) is 6.15. The smallest absolute Gasteiger partial charge is 0.263 e. The Bertz CT molecular complexity index is 728. The number of ether oxygens (including phenoxy) is 1. The van der Waals surface area contributed by atoms with E-state index in [4.69, 9.17) is 4.74 Å².